The number of nitrogens with zero attached hydrogens (tertiary/aromatic N) is 4. The van der Waals surface area contributed by atoms with Crippen LogP contribution in [0, 0.1) is 13.8 Å². The normalized spacial score (nSPS) is 15.6. The molecule has 1 aromatic heterocycles. The number of aryl methyl sites for hydroxylation is 2. The Balaban J connectivity index is 1.82. The minimum Gasteiger partial charge on any atom is -0.507 e. The summed E-state index contributed by atoms with van der Waals surface area (Å²) in [5.74, 6) is 0.236. The lowest BCUT2D eigenvalue weighted by atomic mass is 9.84. The third-order valence-corrected chi connectivity index (χ3v) is 7.31. The van der Waals surface area contributed by atoms with Crippen LogP contribution in [0.25, 0.3) is 0 Å². The largest absolute Gasteiger partial charge is 0.507 e. The monoisotopic (exact) mass is 546 g/mol. The summed E-state index contributed by atoms with van der Waals surface area (Å²) in [5.41, 5.74) is 6.18. The van der Waals surface area contributed by atoms with Crippen molar-refractivity contribution in [2.24, 2.45) is 15.0 Å². The highest BCUT2D eigenvalue weighted by Gasteiger charge is 2.34. The molecule has 0 radical (unpaired) electrons. The summed E-state index contributed by atoms with van der Waals surface area (Å²) in [6.07, 6.45) is 3.65. The number of aliphatic imine (C=N–C) groups is 3. The van der Waals surface area contributed by atoms with E-state index in [1.807, 2.05) is 87.5 Å². The van der Waals surface area contributed by atoms with Gasteiger partial charge in [0.15, 0.2) is 5.84 Å². The maximum absolute atomic E-state index is 11.8. The van der Waals surface area contributed by atoms with Gasteiger partial charge in [0.25, 0.3) is 0 Å². The second-order valence-corrected chi connectivity index (χ2v) is 10.3. The topological polar surface area (TPSA) is 111 Å². The van der Waals surface area contributed by atoms with E-state index in [4.69, 9.17) is 15.0 Å². The molecule has 5 rings (SSSR count). The number of phenols is 2. The van der Waals surface area contributed by atoms with Crippen LogP contribution < -0.4 is 0 Å². The summed E-state index contributed by atoms with van der Waals surface area (Å²) in [7, 11) is 0. The molecule has 41 heavy (non-hydrogen) atoms. The summed E-state index contributed by atoms with van der Waals surface area (Å²) in [5, 5.41) is 32.9. The van der Waals surface area contributed by atoms with Gasteiger partial charge < -0.3 is 15.3 Å². The second-order valence-electron chi connectivity index (χ2n) is 10.3. The van der Waals surface area contributed by atoms with Crippen LogP contribution >= 0.6 is 0 Å². The van der Waals surface area contributed by atoms with Crippen molar-refractivity contribution in [3.05, 3.63) is 113 Å². The highest BCUT2D eigenvalue weighted by Crippen LogP contribution is 2.43. The van der Waals surface area contributed by atoms with Gasteiger partial charge in [-0.1, -0.05) is 48.4 Å². The molecule has 1 aliphatic heterocycles. The van der Waals surface area contributed by atoms with Gasteiger partial charge in [0.2, 0.25) is 0 Å². The minimum absolute atomic E-state index is 0.0259. The van der Waals surface area contributed by atoms with Crippen molar-refractivity contribution >= 4 is 28.6 Å². The summed E-state index contributed by atoms with van der Waals surface area (Å²) in [6, 6.07) is 22.6. The molecule has 0 aliphatic carbocycles. The third kappa shape index (κ3) is 5.95. The van der Waals surface area contributed by atoms with E-state index in [1.54, 1.807) is 12.3 Å². The summed E-state index contributed by atoms with van der Waals surface area (Å²) < 4.78 is 0. The van der Waals surface area contributed by atoms with Crippen LogP contribution in [0.1, 0.15) is 65.6 Å². The lowest BCUT2D eigenvalue weighted by molar-refractivity contribution is 0.278. The number of pyridine rings is 1. The first-order chi connectivity index (χ1) is 19.9. The lowest BCUT2D eigenvalue weighted by Gasteiger charge is -2.26. The molecule has 2 heterocycles. The van der Waals surface area contributed by atoms with E-state index in [-0.39, 0.29) is 24.0 Å². The minimum atomic E-state index is -0.0663. The van der Waals surface area contributed by atoms with Crippen LogP contribution in [-0.2, 0) is 0 Å². The Hall–Kier alpha value is -4.62. The van der Waals surface area contributed by atoms with Crippen LogP contribution in [-0.4, -0.2) is 44.2 Å². The molecule has 0 saturated carbocycles. The van der Waals surface area contributed by atoms with E-state index < -0.39 is 0 Å². The van der Waals surface area contributed by atoms with Gasteiger partial charge in [-0.15, -0.1) is 0 Å². The Bertz CT molecular complexity index is 1620. The number of aliphatic hydroxyl groups excluding tert-OH is 1. The highest BCUT2D eigenvalue weighted by atomic mass is 16.3. The van der Waals surface area contributed by atoms with Gasteiger partial charge in [-0.05, 0) is 81.5 Å². The first-order valence-electron chi connectivity index (χ1n) is 13.9. The van der Waals surface area contributed by atoms with Gasteiger partial charge in [-0.25, -0.2) is 15.0 Å². The van der Waals surface area contributed by atoms with Crippen molar-refractivity contribution < 1.29 is 15.3 Å². The number of fused-ring (bicyclic) bond motifs is 1. The molecule has 0 saturated heterocycles. The van der Waals surface area contributed by atoms with Gasteiger partial charge in [-0.3, -0.25) is 4.98 Å². The highest BCUT2D eigenvalue weighted by molar-refractivity contribution is 6.54. The van der Waals surface area contributed by atoms with Crippen molar-refractivity contribution in [1.29, 1.82) is 0 Å². The maximum Gasteiger partial charge on any atom is 0.180 e. The molecule has 4 aromatic rings. The van der Waals surface area contributed by atoms with E-state index in [0.29, 0.717) is 63.9 Å². The Kier molecular flexibility index (Phi) is 8.36. The average molecular weight is 547 g/mol. The van der Waals surface area contributed by atoms with Crippen LogP contribution in [0.2, 0.25) is 0 Å². The number of benzene rings is 3. The molecule has 7 nitrogen and oxygen atoms in total. The SMILES string of the molecule is CCC(CCCO)c1cc(O)c2c(c1O)C(c1ccccn1)=NC(=Nc1ccc(C)cc1)C2=Nc1ccc(C)cc1. The molecule has 3 N–H and O–H groups in total. The molecule has 7 heteroatoms. The van der Waals surface area contributed by atoms with Crippen molar-refractivity contribution in [2.75, 3.05) is 6.61 Å². The predicted octanol–water partition coefficient (Wildman–Crippen LogP) is 7.08. The number of aromatic nitrogens is 1. The zero-order chi connectivity index (χ0) is 28.9. The molecular weight excluding hydrogens is 512 g/mol. The number of amidine groups is 1. The zero-order valence-corrected chi connectivity index (χ0v) is 23.5. The average Bonchev–Trinajstić information content (AvgIpc) is 2.99. The smallest absolute Gasteiger partial charge is 0.180 e. The van der Waals surface area contributed by atoms with Crippen LogP contribution in [0.15, 0.2) is 94.0 Å². The Labute approximate surface area is 240 Å². The molecule has 1 unspecified atom stereocenters. The van der Waals surface area contributed by atoms with Gasteiger partial charge in [-0.2, -0.15) is 0 Å². The number of rotatable bonds is 8. The fourth-order valence-corrected chi connectivity index (χ4v) is 5.07. The molecule has 0 spiro atoms. The van der Waals surface area contributed by atoms with E-state index >= 15 is 0 Å². The van der Waals surface area contributed by atoms with E-state index in [9.17, 15) is 15.3 Å². The molecule has 0 amide bonds. The van der Waals surface area contributed by atoms with E-state index in [0.717, 1.165) is 17.5 Å². The number of hydrogen-bond acceptors (Lipinski definition) is 6. The molecular formula is C34H34N4O3. The van der Waals surface area contributed by atoms with Gasteiger partial charge >= 0.3 is 0 Å². The lowest BCUT2D eigenvalue weighted by Crippen LogP contribution is -2.27. The Morgan fingerprint density at radius 2 is 1.49 bits per heavy atom. The van der Waals surface area contributed by atoms with Crippen LogP contribution in [0.3, 0.4) is 0 Å². The fourth-order valence-electron chi connectivity index (χ4n) is 5.07. The summed E-state index contributed by atoms with van der Waals surface area (Å²) in [4.78, 5) is 19.3. The zero-order valence-electron chi connectivity index (χ0n) is 23.5. The van der Waals surface area contributed by atoms with Gasteiger partial charge in [0.05, 0.1) is 28.2 Å². The second kappa shape index (κ2) is 12.3. The van der Waals surface area contributed by atoms with E-state index in [1.165, 1.54) is 0 Å². The number of phenolic OH excluding ortho intramolecular Hbond substituents is 2. The molecule has 1 atom stereocenters. The summed E-state index contributed by atoms with van der Waals surface area (Å²) >= 11 is 0. The fraction of sp³-hybridized carbons (Fsp3) is 0.235. The van der Waals surface area contributed by atoms with Crippen molar-refractivity contribution in [1.82, 2.24) is 4.98 Å². The van der Waals surface area contributed by atoms with Crippen LogP contribution in [0.5, 0.6) is 11.5 Å². The Morgan fingerprint density at radius 1 is 0.829 bits per heavy atom. The first kappa shape index (κ1) is 27.9. The van der Waals surface area contributed by atoms with Gasteiger partial charge in [0, 0.05) is 18.4 Å². The third-order valence-electron chi connectivity index (χ3n) is 7.31. The quantitative estimate of drug-likeness (QED) is 0.205. The first-order valence-corrected chi connectivity index (χ1v) is 13.9. The number of aromatic hydroxyl groups is 2. The molecule has 1 aliphatic rings. The van der Waals surface area contributed by atoms with Crippen molar-refractivity contribution in [3.8, 4) is 11.5 Å². The number of hydrogen-bond donors (Lipinski definition) is 3. The van der Waals surface area contributed by atoms with Gasteiger partial charge in [0.1, 0.15) is 22.9 Å². The predicted molar refractivity (Wildman–Crippen MR) is 165 cm³/mol. The summed E-state index contributed by atoms with van der Waals surface area (Å²) in [6.45, 7) is 6.11. The van der Waals surface area contributed by atoms with Crippen molar-refractivity contribution in [2.45, 2.75) is 46.0 Å². The number of aliphatic hydroxyl groups is 1. The molecule has 0 fully saturated rings. The maximum atomic E-state index is 11.8. The van der Waals surface area contributed by atoms with Crippen LogP contribution in [0.4, 0.5) is 11.4 Å². The molecule has 208 valence electrons. The Morgan fingerprint density at radius 3 is 2.07 bits per heavy atom. The van der Waals surface area contributed by atoms with Crippen molar-refractivity contribution in [3.63, 3.8) is 0 Å². The van der Waals surface area contributed by atoms with E-state index in [2.05, 4.69) is 4.98 Å². The molecule has 3 aromatic carbocycles. The molecule has 0 bridgehead atoms. The standard InChI is InChI=1S/C34H34N4O3/c1-4-23(8-7-19-39)26-20-28(40)29-30(33(26)41)31(27-9-5-6-18-35-27)38-34(37-25-16-12-22(3)13-17-25)32(29)36-24-14-10-21(2)11-15-24/h5-6,9-18,20,23,39-41H,4,7-8,19H2,1-3H3.